The van der Waals surface area contributed by atoms with Crippen molar-refractivity contribution in [3.8, 4) is 5.69 Å². The number of halogens is 3. The summed E-state index contributed by atoms with van der Waals surface area (Å²) in [5, 5.41) is 0.604. The Morgan fingerprint density at radius 3 is 2.38 bits per heavy atom. The monoisotopic (exact) mass is 427 g/mol. The van der Waals surface area contributed by atoms with Crippen LogP contribution in [0.1, 0.15) is 31.5 Å². The summed E-state index contributed by atoms with van der Waals surface area (Å²) in [5.74, 6) is 0. The Morgan fingerprint density at radius 2 is 1.76 bits per heavy atom. The predicted octanol–water partition coefficient (Wildman–Crippen LogP) is 2.99. The van der Waals surface area contributed by atoms with E-state index in [-0.39, 0.29) is 17.9 Å². The van der Waals surface area contributed by atoms with Gasteiger partial charge in [0.1, 0.15) is 11.4 Å². The maximum absolute atomic E-state index is 13.1. The molecule has 7 nitrogen and oxygen atoms in total. The Labute approximate surface area is 166 Å². The molecule has 2 aromatic heterocycles. The molecule has 1 aliphatic rings. The van der Waals surface area contributed by atoms with Gasteiger partial charge in [-0.05, 0) is 43.6 Å². The predicted molar refractivity (Wildman–Crippen MR) is 99.3 cm³/mol. The first-order valence-electron chi connectivity index (χ1n) is 8.69. The number of ether oxygens (including phenoxy) is 2. The number of fused-ring (bicyclic) bond motifs is 1. The van der Waals surface area contributed by atoms with Crippen LogP contribution >= 0.6 is 11.5 Å². The minimum atomic E-state index is -4.81. The maximum Gasteiger partial charge on any atom is 0.431 e. The van der Waals surface area contributed by atoms with E-state index in [0.29, 0.717) is 26.3 Å². The van der Waals surface area contributed by atoms with Gasteiger partial charge in [-0.15, -0.1) is 0 Å². The fourth-order valence-corrected chi connectivity index (χ4v) is 3.93. The fourth-order valence-electron chi connectivity index (χ4n) is 3.16. The van der Waals surface area contributed by atoms with E-state index in [4.69, 9.17) is 9.47 Å². The van der Waals surface area contributed by atoms with E-state index in [0.717, 1.165) is 11.7 Å². The highest BCUT2D eigenvalue weighted by Gasteiger charge is 2.35. The standard InChI is InChI=1S/C18H16F3N3O4S/c1-8-9(2)28-16(27-8)15-11-6-10(4-5-12(11)29-22-15)24-14(25)7-13(18(19,20)21)23(3)17(24)26/h4-9,16H,1-3H3/t8-,9-/m1/s1. The molecule has 1 saturated heterocycles. The molecule has 0 spiro atoms. The van der Waals surface area contributed by atoms with Crippen molar-refractivity contribution in [2.45, 2.75) is 38.5 Å². The first-order chi connectivity index (χ1) is 13.6. The van der Waals surface area contributed by atoms with E-state index in [9.17, 15) is 22.8 Å². The van der Waals surface area contributed by atoms with Gasteiger partial charge >= 0.3 is 11.9 Å². The van der Waals surface area contributed by atoms with Crippen LogP contribution in [-0.4, -0.2) is 25.7 Å². The van der Waals surface area contributed by atoms with Gasteiger partial charge in [-0.2, -0.15) is 17.5 Å². The second-order valence-electron chi connectivity index (χ2n) is 6.81. The number of benzene rings is 1. The molecular formula is C18H16F3N3O4S. The highest BCUT2D eigenvalue weighted by Crippen LogP contribution is 2.36. The molecule has 1 fully saturated rings. The van der Waals surface area contributed by atoms with Crippen LogP contribution in [0.25, 0.3) is 15.8 Å². The first kappa shape index (κ1) is 19.8. The molecule has 2 atom stereocenters. The third-order valence-corrected chi connectivity index (χ3v) is 5.75. The van der Waals surface area contributed by atoms with Crippen LogP contribution in [0.4, 0.5) is 13.2 Å². The highest BCUT2D eigenvalue weighted by atomic mass is 32.1. The second kappa shape index (κ2) is 6.78. The summed E-state index contributed by atoms with van der Waals surface area (Å²) in [4.78, 5) is 24.9. The molecule has 3 heterocycles. The average molecular weight is 427 g/mol. The molecule has 154 valence electrons. The van der Waals surface area contributed by atoms with Gasteiger partial charge in [0.05, 0.1) is 22.6 Å². The van der Waals surface area contributed by atoms with E-state index < -0.39 is 29.4 Å². The molecule has 4 rings (SSSR count). The summed E-state index contributed by atoms with van der Waals surface area (Å²) in [6.45, 7) is 3.74. The second-order valence-corrected chi connectivity index (χ2v) is 7.61. The van der Waals surface area contributed by atoms with E-state index >= 15 is 0 Å². The summed E-state index contributed by atoms with van der Waals surface area (Å²) in [6.07, 6.45) is -5.78. The molecule has 29 heavy (non-hydrogen) atoms. The molecule has 0 unspecified atom stereocenters. The number of hydrogen-bond acceptors (Lipinski definition) is 6. The Morgan fingerprint density at radius 1 is 1.10 bits per heavy atom. The summed E-state index contributed by atoms with van der Waals surface area (Å²) in [6, 6.07) is 5.08. The minimum Gasteiger partial charge on any atom is -0.341 e. The fraction of sp³-hybridized carbons (Fsp3) is 0.389. The molecule has 0 radical (unpaired) electrons. The van der Waals surface area contributed by atoms with Crippen molar-refractivity contribution in [3.63, 3.8) is 0 Å². The lowest BCUT2D eigenvalue weighted by molar-refractivity contribution is -0.144. The maximum atomic E-state index is 13.1. The lowest BCUT2D eigenvalue weighted by Crippen LogP contribution is -2.40. The Balaban J connectivity index is 1.86. The van der Waals surface area contributed by atoms with E-state index in [1.165, 1.54) is 23.7 Å². The third-order valence-electron chi connectivity index (χ3n) is 4.91. The molecule has 11 heteroatoms. The van der Waals surface area contributed by atoms with E-state index in [1.54, 1.807) is 6.07 Å². The zero-order valence-electron chi connectivity index (χ0n) is 15.6. The van der Waals surface area contributed by atoms with Gasteiger partial charge in [0.25, 0.3) is 5.56 Å². The smallest absolute Gasteiger partial charge is 0.341 e. The van der Waals surface area contributed by atoms with Crippen LogP contribution in [-0.2, 0) is 22.7 Å². The number of aromatic nitrogens is 3. The van der Waals surface area contributed by atoms with Crippen LogP contribution in [0, 0.1) is 0 Å². The van der Waals surface area contributed by atoms with Crippen molar-refractivity contribution in [2.24, 2.45) is 7.05 Å². The summed E-state index contributed by atoms with van der Waals surface area (Å²) in [7, 11) is 0.972. The Hall–Kier alpha value is -2.50. The Bertz CT molecular complexity index is 1200. The van der Waals surface area contributed by atoms with Gasteiger partial charge < -0.3 is 9.47 Å². The third kappa shape index (κ3) is 3.28. The van der Waals surface area contributed by atoms with Crippen molar-refractivity contribution in [1.29, 1.82) is 0 Å². The van der Waals surface area contributed by atoms with Gasteiger partial charge in [0, 0.05) is 18.5 Å². The van der Waals surface area contributed by atoms with Crippen molar-refractivity contribution >= 4 is 21.6 Å². The van der Waals surface area contributed by atoms with Crippen molar-refractivity contribution < 1.29 is 22.6 Å². The molecule has 1 aromatic carbocycles. The minimum absolute atomic E-state index is 0.134. The molecule has 0 N–H and O–H groups in total. The SMILES string of the molecule is C[C@H]1OC(c2nsc3ccc(-n4c(=O)cc(C(F)(F)F)n(C)c4=O)cc23)O[C@@H]1C. The number of hydrogen-bond donors (Lipinski definition) is 0. The van der Waals surface area contributed by atoms with E-state index in [2.05, 4.69) is 4.37 Å². The molecule has 0 bridgehead atoms. The van der Waals surface area contributed by atoms with Gasteiger partial charge in [-0.25, -0.2) is 9.36 Å². The first-order valence-corrected chi connectivity index (χ1v) is 9.46. The topological polar surface area (TPSA) is 75.4 Å². The molecule has 0 aliphatic carbocycles. The van der Waals surface area contributed by atoms with Gasteiger partial charge in [-0.1, -0.05) is 0 Å². The molecule has 0 saturated carbocycles. The van der Waals surface area contributed by atoms with Crippen molar-refractivity contribution in [2.75, 3.05) is 0 Å². The Kier molecular flexibility index (Phi) is 4.63. The number of nitrogens with zero attached hydrogens (tertiary/aromatic N) is 3. The zero-order chi connectivity index (χ0) is 21.1. The van der Waals surface area contributed by atoms with E-state index in [1.807, 2.05) is 13.8 Å². The van der Waals surface area contributed by atoms with Crippen molar-refractivity contribution in [1.82, 2.24) is 13.5 Å². The molecular weight excluding hydrogens is 411 g/mol. The highest BCUT2D eigenvalue weighted by molar-refractivity contribution is 7.13. The average Bonchev–Trinajstić information content (AvgIpc) is 3.20. The largest absolute Gasteiger partial charge is 0.431 e. The normalized spacial score (nSPS) is 20.6. The van der Waals surface area contributed by atoms with Gasteiger partial charge in [-0.3, -0.25) is 9.36 Å². The molecule has 1 aliphatic heterocycles. The van der Waals surface area contributed by atoms with Crippen LogP contribution < -0.4 is 11.2 Å². The van der Waals surface area contributed by atoms with Crippen LogP contribution in [0.5, 0.6) is 0 Å². The summed E-state index contributed by atoms with van der Waals surface area (Å²) >= 11 is 1.20. The lowest BCUT2D eigenvalue weighted by atomic mass is 10.2. The van der Waals surface area contributed by atoms with Crippen LogP contribution in [0.2, 0.25) is 0 Å². The van der Waals surface area contributed by atoms with Gasteiger partial charge in [0.15, 0.2) is 0 Å². The summed E-state index contributed by atoms with van der Waals surface area (Å²) < 4.78 is 56.9. The van der Waals surface area contributed by atoms with Crippen LogP contribution in [0.15, 0.2) is 33.9 Å². The summed E-state index contributed by atoms with van der Waals surface area (Å²) in [5.41, 5.74) is -2.83. The quantitative estimate of drug-likeness (QED) is 0.629. The molecule has 3 aromatic rings. The van der Waals surface area contributed by atoms with Gasteiger partial charge in [0.2, 0.25) is 6.29 Å². The lowest BCUT2D eigenvalue weighted by Gasteiger charge is -2.14. The molecule has 0 amide bonds. The number of rotatable bonds is 2. The zero-order valence-corrected chi connectivity index (χ0v) is 16.4. The van der Waals surface area contributed by atoms with Crippen LogP contribution in [0.3, 0.4) is 0 Å². The number of alkyl halides is 3. The van der Waals surface area contributed by atoms with Crippen molar-refractivity contribution in [3.05, 3.63) is 56.5 Å².